The SMILES string of the molecule is Nc1ccc(F)c2cc(Cl)sc12. The number of halogens is 2. The molecule has 2 aromatic rings. The Balaban J connectivity index is 2.93. The van der Waals surface area contributed by atoms with Crippen LogP contribution in [0.2, 0.25) is 4.34 Å². The Morgan fingerprint density at radius 1 is 1.42 bits per heavy atom. The van der Waals surface area contributed by atoms with E-state index < -0.39 is 0 Å². The molecule has 0 saturated carbocycles. The standard InChI is InChI=1S/C8H5ClFNS/c9-7-3-4-5(10)1-2-6(11)8(4)12-7/h1-3H,11H2. The number of nitrogens with two attached hydrogens (primary N) is 1. The third-order valence-corrected chi connectivity index (χ3v) is 2.94. The first-order valence-electron chi connectivity index (χ1n) is 3.31. The zero-order valence-electron chi connectivity index (χ0n) is 5.97. The summed E-state index contributed by atoms with van der Waals surface area (Å²) in [5.41, 5.74) is 6.20. The predicted molar refractivity (Wildman–Crippen MR) is 51.2 cm³/mol. The van der Waals surface area contributed by atoms with Gasteiger partial charge in [0.05, 0.1) is 9.04 Å². The van der Waals surface area contributed by atoms with Crippen molar-refractivity contribution < 1.29 is 4.39 Å². The van der Waals surface area contributed by atoms with Crippen molar-refractivity contribution in [2.45, 2.75) is 0 Å². The smallest absolute Gasteiger partial charge is 0.132 e. The maximum Gasteiger partial charge on any atom is 0.132 e. The van der Waals surface area contributed by atoms with Gasteiger partial charge in [-0.2, -0.15) is 0 Å². The number of hydrogen-bond donors (Lipinski definition) is 1. The van der Waals surface area contributed by atoms with E-state index >= 15 is 0 Å². The molecule has 0 fully saturated rings. The molecule has 0 aliphatic rings. The number of nitrogen functional groups attached to an aromatic ring is 1. The average Bonchev–Trinajstić information content (AvgIpc) is 2.41. The molecule has 1 aromatic carbocycles. The Morgan fingerprint density at radius 3 is 2.83 bits per heavy atom. The van der Waals surface area contributed by atoms with Crippen molar-refractivity contribution in [3.05, 3.63) is 28.4 Å². The molecule has 0 amide bonds. The monoisotopic (exact) mass is 201 g/mol. The van der Waals surface area contributed by atoms with Crippen molar-refractivity contribution in [2.24, 2.45) is 0 Å². The van der Waals surface area contributed by atoms with E-state index in [2.05, 4.69) is 0 Å². The minimum Gasteiger partial charge on any atom is -0.398 e. The van der Waals surface area contributed by atoms with Crippen molar-refractivity contribution in [1.82, 2.24) is 0 Å². The summed E-state index contributed by atoms with van der Waals surface area (Å²) < 4.78 is 14.4. The summed E-state index contributed by atoms with van der Waals surface area (Å²) in [5, 5.41) is 0.505. The quantitative estimate of drug-likeness (QED) is 0.651. The number of hydrogen-bond acceptors (Lipinski definition) is 2. The van der Waals surface area contributed by atoms with Gasteiger partial charge in [0.2, 0.25) is 0 Å². The summed E-state index contributed by atoms with van der Waals surface area (Å²) in [7, 11) is 0. The number of benzene rings is 1. The first-order chi connectivity index (χ1) is 5.68. The molecule has 0 atom stereocenters. The van der Waals surface area contributed by atoms with Crippen LogP contribution in [0.1, 0.15) is 0 Å². The van der Waals surface area contributed by atoms with Crippen LogP contribution in [0.15, 0.2) is 18.2 Å². The van der Waals surface area contributed by atoms with Crippen LogP contribution >= 0.6 is 22.9 Å². The summed E-state index contributed by atoms with van der Waals surface area (Å²) in [4.78, 5) is 0. The lowest BCUT2D eigenvalue weighted by Gasteiger charge is -1.94. The summed E-state index contributed by atoms with van der Waals surface area (Å²) >= 11 is 7.02. The molecule has 12 heavy (non-hydrogen) atoms. The Kier molecular flexibility index (Phi) is 1.70. The Hall–Kier alpha value is -0.800. The minimum absolute atomic E-state index is 0.276. The van der Waals surface area contributed by atoms with Crippen molar-refractivity contribution in [1.29, 1.82) is 0 Å². The van der Waals surface area contributed by atoms with Crippen LogP contribution in [0.5, 0.6) is 0 Å². The fourth-order valence-electron chi connectivity index (χ4n) is 1.08. The number of thiophene rings is 1. The highest BCUT2D eigenvalue weighted by atomic mass is 35.5. The zero-order chi connectivity index (χ0) is 8.72. The Bertz CT molecular complexity index is 399. The minimum atomic E-state index is -0.276. The van der Waals surface area contributed by atoms with E-state index in [1.54, 1.807) is 12.1 Å². The largest absolute Gasteiger partial charge is 0.398 e. The van der Waals surface area contributed by atoms with Gasteiger partial charge in [-0.1, -0.05) is 11.6 Å². The molecule has 0 unspecified atom stereocenters. The molecule has 0 bridgehead atoms. The lowest BCUT2D eigenvalue weighted by Crippen LogP contribution is -1.84. The lowest BCUT2D eigenvalue weighted by molar-refractivity contribution is 0.640. The van der Waals surface area contributed by atoms with Gasteiger partial charge in [-0.05, 0) is 18.2 Å². The molecule has 0 aliphatic heterocycles. The van der Waals surface area contributed by atoms with Gasteiger partial charge in [-0.15, -0.1) is 11.3 Å². The van der Waals surface area contributed by atoms with E-state index in [4.69, 9.17) is 17.3 Å². The van der Waals surface area contributed by atoms with E-state index in [-0.39, 0.29) is 5.82 Å². The highest BCUT2D eigenvalue weighted by Crippen LogP contribution is 2.34. The van der Waals surface area contributed by atoms with E-state index in [9.17, 15) is 4.39 Å². The van der Waals surface area contributed by atoms with E-state index in [1.165, 1.54) is 17.4 Å². The van der Waals surface area contributed by atoms with Gasteiger partial charge < -0.3 is 5.73 Å². The van der Waals surface area contributed by atoms with Crippen LogP contribution in [0, 0.1) is 5.82 Å². The lowest BCUT2D eigenvalue weighted by atomic mass is 10.2. The van der Waals surface area contributed by atoms with E-state index in [1.807, 2.05) is 0 Å². The van der Waals surface area contributed by atoms with Gasteiger partial charge in [0.1, 0.15) is 5.82 Å². The molecule has 0 saturated heterocycles. The van der Waals surface area contributed by atoms with Gasteiger partial charge in [0.15, 0.2) is 0 Å². The highest BCUT2D eigenvalue weighted by Gasteiger charge is 2.07. The summed E-state index contributed by atoms with van der Waals surface area (Å²) in [6, 6.07) is 4.48. The first-order valence-corrected chi connectivity index (χ1v) is 4.51. The second-order valence-electron chi connectivity index (χ2n) is 2.43. The third-order valence-electron chi connectivity index (χ3n) is 1.63. The second-order valence-corrected chi connectivity index (χ2v) is 4.11. The molecule has 1 nitrogen and oxygen atoms in total. The van der Waals surface area contributed by atoms with Crippen molar-refractivity contribution in [2.75, 3.05) is 5.73 Å². The van der Waals surface area contributed by atoms with Crippen molar-refractivity contribution in [3.63, 3.8) is 0 Å². The molecule has 4 heteroatoms. The van der Waals surface area contributed by atoms with E-state index in [0.29, 0.717) is 15.4 Å². The molecular weight excluding hydrogens is 197 g/mol. The molecule has 0 radical (unpaired) electrons. The molecule has 62 valence electrons. The highest BCUT2D eigenvalue weighted by molar-refractivity contribution is 7.23. The van der Waals surface area contributed by atoms with E-state index in [0.717, 1.165) is 4.70 Å². The van der Waals surface area contributed by atoms with Crippen LogP contribution in [0.4, 0.5) is 10.1 Å². The van der Waals surface area contributed by atoms with Crippen molar-refractivity contribution in [3.8, 4) is 0 Å². The molecule has 0 spiro atoms. The predicted octanol–water partition coefficient (Wildman–Crippen LogP) is 3.28. The summed E-state index contributed by atoms with van der Waals surface area (Å²) in [6.45, 7) is 0. The van der Waals surface area contributed by atoms with Crippen LogP contribution in [0.25, 0.3) is 10.1 Å². The maximum atomic E-state index is 13.1. The molecule has 2 N–H and O–H groups in total. The van der Waals surface area contributed by atoms with Gasteiger partial charge in [0, 0.05) is 11.1 Å². The summed E-state index contributed by atoms with van der Waals surface area (Å²) in [5.74, 6) is -0.276. The van der Waals surface area contributed by atoms with Crippen LogP contribution in [0.3, 0.4) is 0 Å². The third kappa shape index (κ3) is 1.06. The second kappa shape index (κ2) is 2.61. The summed E-state index contributed by atoms with van der Waals surface area (Å²) in [6.07, 6.45) is 0. The molecule has 0 aliphatic carbocycles. The number of rotatable bonds is 0. The molecule has 2 rings (SSSR count). The maximum absolute atomic E-state index is 13.1. The normalized spacial score (nSPS) is 10.8. The molecule has 1 heterocycles. The fourth-order valence-corrected chi connectivity index (χ4v) is 2.25. The van der Waals surface area contributed by atoms with Gasteiger partial charge in [0.25, 0.3) is 0 Å². The molecule has 1 aromatic heterocycles. The fraction of sp³-hybridized carbons (Fsp3) is 0. The molecular formula is C8H5ClFNS. The Labute approximate surface area is 77.6 Å². The van der Waals surface area contributed by atoms with Crippen LogP contribution in [-0.2, 0) is 0 Å². The van der Waals surface area contributed by atoms with Gasteiger partial charge in [-0.3, -0.25) is 0 Å². The number of fused-ring (bicyclic) bond motifs is 1. The zero-order valence-corrected chi connectivity index (χ0v) is 7.55. The van der Waals surface area contributed by atoms with Gasteiger partial charge in [-0.25, -0.2) is 4.39 Å². The first kappa shape index (κ1) is 7.83. The number of anilines is 1. The Morgan fingerprint density at radius 2 is 2.17 bits per heavy atom. The average molecular weight is 202 g/mol. The van der Waals surface area contributed by atoms with Crippen molar-refractivity contribution >= 4 is 38.7 Å². The van der Waals surface area contributed by atoms with Gasteiger partial charge >= 0.3 is 0 Å². The van der Waals surface area contributed by atoms with Crippen LogP contribution < -0.4 is 5.73 Å². The topological polar surface area (TPSA) is 26.0 Å². The van der Waals surface area contributed by atoms with Crippen LogP contribution in [-0.4, -0.2) is 0 Å².